The molecule has 130 valence electrons. The third kappa shape index (κ3) is 4.05. The third-order valence-corrected chi connectivity index (χ3v) is 5.41. The molecule has 3 aromatic rings. The number of carbonyl (C=O) groups excluding carboxylic acids is 1. The molecular formula is C18H20N4OS2. The predicted molar refractivity (Wildman–Crippen MR) is 106 cm³/mol. The molecule has 25 heavy (non-hydrogen) atoms. The molecule has 0 fully saturated rings. The Labute approximate surface area is 155 Å². The summed E-state index contributed by atoms with van der Waals surface area (Å²) in [5.41, 5.74) is 2.75. The Morgan fingerprint density at radius 3 is 2.56 bits per heavy atom. The lowest BCUT2D eigenvalue weighted by molar-refractivity contribution is 0.102. The normalized spacial score (nSPS) is 10.9. The molecule has 0 radical (unpaired) electrons. The van der Waals surface area contributed by atoms with Gasteiger partial charge in [0.05, 0.1) is 0 Å². The highest BCUT2D eigenvalue weighted by atomic mass is 32.1. The minimum Gasteiger partial charge on any atom is -0.369 e. The minimum absolute atomic E-state index is 0.174. The van der Waals surface area contributed by atoms with Gasteiger partial charge in [0, 0.05) is 34.8 Å². The smallest absolute Gasteiger partial charge is 0.257 e. The van der Waals surface area contributed by atoms with Crippen LogP contribution in [0.1, 0.15) is 31.1 Å². The molecule has 2 heterocycles. The SMILES string of the molecule is CCN(c1ccc(C(=O)Nc2nnc(-c3ccsc3)s2)cc1)C(C)C. The first-order chi connectivity index (χ1) is 12.1. The number of anilines is 2. The third-order valence-electron chi connectivity index (χ3n) is 3.84. The van der Waals surface area contributed by atoms with Gasteiger partial charge in [-0.05, 0) is 56.5 Å². The fraction of sp³-hybridized carbons (Fsp3) is 0.278. The molecule has 0 aliphatic heterocycles. The van der Waals surface area contributed by atoms with Crippen molar-refractivity contribution in [1.29, 1.82) is 0 Å². The van der Waals surface area contributed by atoms with Gasteiger partial charge >= 0.3 is 0 Å². The maximum Gasteiger partial charge on any atom is 0.257 e. The van der Waals surface area contributed by atoms with Gasteiger partial charge in [-0.3, -0.25) is 10.1 Å². The van der Waals surface area contributed by atoms with Crippen molar-refractivity contribution >= 4 is 39.4 Å². The molecule has 0 unspecified atom stereocenters. The van der Waals surface area contributed by atoms with Gasteiger partial charge in [-0.1, -0.05) is 11.3 Å². The lowest BCUT2D eigenvalue weighted by atomic mass is 10.1. The zero-order chi connectivity index (χ0) is 17.8. The zero-order valence-electron chi connectivity index (χ0n) is 14.4. The molecule has 0 atom stereocenters. The van der Waals surface area contributed by atoms with Crippen molar-refractivity contribution in [2.75, 3.05) is 16.8 Å². The molecule has 3 rings (SSSR count). The van der Waals surface area contributed by atoms with E-state index in [1.54, 1.807) is 11.3 Å². The van der Waals surface area contributed by atoms with E-state index in [1.165, 1.54) is 11.3 Å². The number of hydrogen-bond acceptors (Lipinski definition) is 6. The number of aromatic nitrogens is 2. The summed E-state index contributed by atoms with van der Waals surface area (Å²) in [5, 5.41) is 16.3. The van der Waals surface area contributed by atoms with E-state index in [-0.39, 0.29) is 5.91 Å². The van der Waals surface area contributed by atoms with Crippen LogP contribution in [0.15, 0.2) is 41.1 Å². The molecule has 0 aliphatic carbocycles. The molecule has 5 nitrogen and oxygen atoms in total. The van der Waals surface area contributed by atoms with E-state index in [1.807, 2.05) is 41.1 Å². The van der Waals surface area contributed by atoms with E-state index in [9.17, 15) is 4.79 Å². The van der Waals surface area contributed by atoms with Crippen molar-refractivity contribution in [3.63, 3.8) is 0 Å². The maximum atomic E-state index is 12.4. The number of hydrogen-bond donors (Lipinski definition) is 1. The van der Waals surface area contributed by atoms with Crippen molar-refractivity contribution in [1.82, 2.24) is 10.2 Å². The van der Waals surface area contributed by atoms with E-state index < -0.39 is 0 Å². The Morgan fingerprint density at radius 1 is 1.20 bits per heavy atom. The van der Waals surface area contributed by atoms with E-state index in [0.717, 1.165) is 22.8 Å². The Kier molecular flexibility index (Phi) is 5.45. The summed E-state index contributed by atoms with van der Waals surface area (Å²) in [6.07, 6.45) is 0. The van der Waals surface area contributed by atoms with Crippen molar-refractivity contribution in [2.45, 2.75) is 26.8 Å². The summed E-state index contributed by atoms with van der Waals surface area (Å²) in [6.45, 7) is 7.37. The minimum atomic E-state index is -0.174. The Balaban J connectivity index is 1.69. The van der Waals surface area contributed by atoms with Gasteiger partial charge in [0.2, 0.25) is 5.13 Å². The second kappa shape index (κ2) is 7.76. The summed E-state index contributed by atoms with van der Waals surface area (Å²) >= 11 is 2.98. The Bertz CT molecular complexity index is 825. The number of thiophene rings is 1. The molecule has 0 bridgehead atoms. The molecule has 7 heteroatoms. The Morgan fingerprint density at radius 2 is 1.96 bits per heavy atom. The number of amides is 1. The van der Waals surface area contributed by atoms with Gasteiger partial charge in [0.15, 0.2) is 0 Å². The van der Waals surface area contributed by atoms with Crippen LogP contribution in [0, 0.1) is 0 Å². The van der Waals surface area contributed by atoms with Gasteiger partial charge < -0.3 is 4.90 Å². The van der Waals surface area contributed by atoms with Crippen LogP contribution in [0.3, 0.4) is 0 Å². The van der Waals surface area contributed by atoms with Crippen LogP contribution in [0.5, 0.6) is 0 Å². The number of benzene rings is 1. The molecule has 0 saturated carbocycles. The van der Waals surface area contributed by atoms with E-state index >= 15 is 0 Å². The van der Waals surface area contributed by atoms with Crippen LogP contribution in [-0.4, -0.2) is 28.7 Å². The molecule has 1 N–H and O–H groups in total. The number of carbonyl (C=O) groups is 1. The fourth-order valence-electron chi connectivity index (χ4n) is 2.60. The largest absolute Gasteiger partial charge is 0.369 e. The van der Waals surface area contributed by atoms with Crippen LogP contribution in [-0.2, 0) is 0 Å². The van der Waals surface area contributed by atoms with Crippen molar-refractivity contribution < 1.29 is 4.79 Å². The van der Waals surface area contributed by atoms with Crippen LogP contribution < -0.4 is 10.2 Å². The van der Waals surface area contributed by atoms with E-state index in [0.29, 0.717) is 16.7 Å². The molecule has 2 aromatic heterocycles. The van der Waals surface area contributed by atoms with Gasteiger partial charge in [-0.2, -0.15) is 11.3 Å². The van der Waals surface area contributed by atoms with Crippen molar-refractivity contribution in [3.05, 3.63) is 46.7 Å². The summed E-state index contributed by atoms with van der Waals surface area (Å²) in [4.78, 5) is 14.7. The molecule has 0 aliphatic rings. The van der Waals surface area contributed by atoms with Gasteiger partial charge in [0.1, 0.15) is 5.01 Å². The first-order valence-corrected chi connectivity index (χ1v) is 9.88. The highest BCUT2D eigenvalue weighted by Crippen LogP contribution is 2.28. The number of nitrogens with zero attached hydrogens (tertiary/aromatic N) is 3. The lowest BCUT2D eigenvalue weighted by Gasteiger charge is -2.27. The zero-order valence-corrected chi connectivity index (χ0v) is 16.0. The second-order valence-electron chi connectivity index (χ2n) is 5.81. The molecule has 1 aromatic carbocycles. The summed E-state index contributed by atoms with van der Waals surface area (Å²) < 4.78 is 0. The van der Waals surface area contributed by atoms with Crippen LogP contribution in [0.25, 0.3) is 10.6 Å². The average Bonchev–Trinajstić information content (AvgIpc) is 3.27. The maximum absolute atomic E-state index is 12.4. The number of rotatable bonds is 6. The first kappa shape index (κ1) is 17.6. The monoisotopic (exact) mass is 372 g/mol. The highest BCUT2D eigenvalue weighted by molar-refractivity contribution is 7.19. The van der Waals surface area contributed by atoms with Crippen molar-refractivity contribution in [3.8, 4) is 10.6 Å². The summed E-state index contributed by atoms with van der Waals surface area (Å²) in [5.74, 6) is -0.174. The summed E-state index contributed by atoms with van der Waals surface area (Å²) in [6, 6.07) is 10.1. The fourth-order valence-corrected chi connectivity index (χ4v) is 4.05. The summed E-state index contributed by atoms with van der Waals surface area (Å²) in [7, 11) is 0. The van der Waals surface area contributed by atoms with E-state index in [4.69, 9.17) is 0 Å². The lowest BCUT2D eigenvalue weighted by Crippen LogP contribution is -2.30. The van der Waals surface area contributed by atoms with Crippen LogP contribution >= 0.6 is 22.7 Å². The van der Waals surface area contributed by atoms with Gasteiger partial charge in [-0.25, -0.2) is 0 Å². The standard InChI is InChI=1S/C18H20N4OS2/c1-4-22(12(2)3)15-7-5-13(6-8-15)16(23)19-18-21-20-17(25-18)14-9-10-24-11-14/h5-12H,4H2,1-3H3,(H,19,21,23). The average molecular weight is 373 g/mol. The first-order valence-electron chi connectivity index (χ1n) is 8.12. The molecule has 0 spiro atoms. The quantitative estimate of drug-likeness (QED) is 0.678. The van der Waals surface area contributed by atoms with Crippen LogP contribution in [0.2, 0.25) is 0 Å². The van der Waals surface area contributed by atoms with Gasteiger partial charge in [-0.15, -0.1) is 10.2 Å². The highest BCUT2D eigenvalue weighted by Gasteiger charge is 2.13. The van der Waals surface area contributed by atoms with Crippen molar-refractivity contribution in [2.24, 2.45) is 0 Å². The van der Waals surface area contributed by atoms with Gasteiger partial charge in [0.25, 0.3) is 5.91 Å². The second-order valence-corrected chi connectivity index (χ2v) is 7.56. The molecule has 0 saturated heterocycles. The predicted octanol–water partition coefficient (Wildman–Crippen LogP) is 4.75. The molecular weight excluding hydrogens is 352 g/mol. The van der Waals surface area contributed by atoms with E-state index in [2.05, 4.69) is 41.2 Å². The molecule has 1 amide bonds. The topological polar surface area (TPSA) is 58.1 Å². The van der Waals surface area contributed by atoms with Crippen LogP contribution in [0.4, 0.5) is 10.8 Å². The number of nitrogens with one attached hydrogen (secondary N) is 1. The Hall–Kier alpha value is -2.25.